The van der Waals surface area contributed by atoms with Crippen LogP contribution >= 0.6 is 23.4 Å². The van der Waals surface area contributed by atoms with E-state index in [0.29, 0.717) is 0 Å². The summed E-state index contributed by atoms with van der Waals surface area (Å²) >= 11 is 5.10. The van der Waals surface area contributed by atoms with Crippen LogP contribution in [-0.4, -0.2) is 18.1 Å². The summed E-state index contributed by atoms with van der Waals surface area (Å²) in [7, 11) is 0. The van der Waals surface area contributed by atoms with Gasteiger partial charge in [0, 0.05) is 4.90 Å². The lowest BCUT2D eigenvalue weighted by Gasteiger charge is -2.12. The van der Waals surface area contributed by atoms with Gasteiger partial charge in [0.05, 0.1) is 22.8 Å². The Morgan fingerprint density at radius 2 is 2.16 bits per heavy atom. The molecule has 0 atom stereocenters. The highest BCUT2D eigenvalue weighted by molar-refractivity contribution is 8.00. The monoisotopic (exact) mass is 309 g/mol. The van der Waals surface area contributed by atoms with Crippen molar-refractivity contribution in [3.63, 3.8) is 0 Å². The number of halogens is 4. The van der Waals surface area contributed by atoms with Crippen LogP contribution in [0.15, 0.2) is 17.0 Å². The van der Waals surface area contributed by atoms with Crippen molar-refractivity contribution in [1.82, 2.24) is 0 Å². The van der Waals surface area contributed by atoms with E-state index in [1.807, 2.05) is 0 Å². The maximum absolute atomic E-state index is 12.5. The van der Waals surface area contributed by atoms with Crippen LogP contribution in [0, 0.1) is 11.3 Å². The second-order valence-corrected chi connectivity index (χ2v) is 4.66. The Morgan fingerprint density at radius 1 is 1.53 bits per heavy atom. The molecule has 19 heavy (non-hydrogen) atoms. The third-order valence-electron chi connectivity index (χ3n) is 1.93. The van der Waals surface area contributed by atoms with E-state index in [1.165, 1.54) is 13.0 Å². The van der Waals surface area contributed by atoms with E-state index in [0.717, 1.165) is 6.07 Å². The number of hydrogen-bond donors (Lipinski definition) is 0. The molecule has 1 rings (SSSR count). The maximum Gasteiger partial charge on any atom is 0.446 e. The summed E-state index contributed by atoms with van der Waals surface area (Å²) in [6.07, 6.45) is 0. The quantitative estimate of drug-likeness (QED) is 0.625. The zero-order valence-corrected chi connectivity index (χ0v) is 11.1. The van der Waals surface area contributed by atoms with Gasteiger partial charge in [-0.05, 0) is 30.8 Å². The van der Waals surface area contributed by atoms with Gasteiger partial charge in [-0.15, -0.1) is 0 Å². The molecule has 0 N–H and O–H groups in total. The summed E-state index contributed by atoms with van der Waals surface area (Å²) in [5.74, 6) is -0.928. The molecule has 8 heteroatoms. The van der Waals surface area contributed by atoms with Gasteiger partial charge in [0.2, 0.25) is 0 Å². The Hall–Kier alpha value is -1.39. The molecule has 0 bridgehead atoms. The molecule has 0 radical (unpaired) electrons. The number of ether oxygens (including phenoxy) is 1. The van der Waals surface area contributed by atoms with Crippen molar-refractivity contribution < 1.29 is 22.7 Å². The molecule has 1 aromatic rings. The van der Waals surface area contributed by atoms with Crippen molar-refractivity contribution in [3.05, 3.63) is 28.3 Å². The molecule has 3 nitrogen and oxygen atoms in total. The van der Waals surface area contributed by atoms with Gasteiger partial charge in [-0.1, -0.05) is 11.6 Å². The molecular weight excluding hydrogens is 303 g/mol. The van der Waals surface area contributed by atoms with Crippen LogP contribution in [-0.2, 0) is 4.74 Å². The van der Waals surface area contributed by atoms with Gasteiger partial charge in [-0.2, -0.15) is 18.4 Å². The average molecular weight is 310 g/mol. The lowest BCUT2D eigenvalue weighted by molar-refractivity contribution is -0.0328. The van der Waals surface area contributed by atoms with E-state index in [1.54, 1.807) is 6.07 Å². The molecule has 0 spiro atoms. The highest BCUT2D eigenvalue weighted by Gasteiger charge is 2.34. The second-order valence-electron chi connectivity index (χ2n) is 3.18. The van der Waals surface area contributed by atoms with Gasteiger partial charge in [-0.25, -0.2) is 4.79 Å². The highest BCUT2D eigenvalue weighted by atomic mass is 35.5. The number of benzene rings is 1. The number of nitrogens with zero attached hydrogens (tertiary/aromatic N) is 1. The molecular formula is C11H7ClF3NO2S. The average Bonchev–Trinajstić information content (AvgIpc) is 2.27. The molecule has 1 aromatic carbocycles. The Kier molecular flexibility index (Phi) is 5.09. The summed E-state index contributed by atoms with van der Waals surface area (Å²) in [6, 6.07) is 3.86. The van der Waals surface area contributed by atoms with Crippen LogP contribution in [0.1, 0.15) is 22.8 Å². The van der Waals surface area contributed by atoms with Crippen LogP contribution in [0.25, 0.3) is 0 Å². The van der Waals surface area contributed by atoms with Gasteiger partial charge in [0.1, 0.15) is 6.07 Å². The van der Waals surface area contributed by atoms with Gasteiger partial charge in [0.15, 0.2) is 0 Å². The Balaban J connectivity index is 3.39. The predicted molar refractivity (Wildman–Crippen MR) is 64.0 cm³/mol. The summed E-state index contributed by atoms with van der Waals surface area (Å²) in [6.45, 7) is 1.54. The summed E-state index contributed by atoms with van der Waals surface area (Å²) in [5, 5.41) is 8.71. The van der Waals surface area contributed by atoms with E-state index >= 15 is 0 Å². The van der Waals surface area contributed by atoms with Gasteiger partial charge in [-0.3, -0.25) is 0 Å². The largest absolute Gasteiger partial charge is 0.462 e. The summed E-state index contributed by atoms with van der Waals surface area (Å²) in [4.78, 5) is 11.0. The number of thioether (sulfide) groups is 1. The van der Waals surface area contributed by atoms with E-state index in [2.05, 4.69) is 4.74 Å². The molecule has 0 saturated heterocycles. The van der Waals surface area contributed by atoms with Crippen molar-refractivity contribution in [3.8, 4) is 6.07 Å². The zero-order valence-electron chi connectivity index (χ0n) is 9.55. The summed E-state index contributed by atoms with van der Waals surface area (Å²) < 4.78 is 42.1. The maximum atomic E-state index is 12.5. The third kappa shape index (κ3) is 4.04. The SMILES string of the molecule is CCOC(=O)c1ccc(Cl)c(C#N)c1SC(F)(F)F. The van der Waals surface area contributed by atoms with E-state index in [9.17, 15) is 18.0 Å². The number of rotatable bonds is 3. The summed E-state index contributed by atoms with van der Waals surface area (Å²) in [5.41, 5.74) is -5.36. The lowest BCUT2D eigenvalue weighted by atomic mass is 10.1. The minimum atomic E-state index is -4.64. The molecule has 0 heterocycles. The Labute approximate surface area is 116 Å². The van der Waals surface area contributed by atoms with Gasteiger partial charge in [0.25, 0.3) is 0 Å². The van der Waals surface area contributed by atoms with Crippen molar-refractivity contribution in [2.45, 2.75) is 17.3 Å². The minimum absolute atomic E-state index is 0.0134. The molecule has 0 saturated carbocycles. The van der Waals surface area contributed by atoms with E-state index in [-0.39, 0.29) is 17.2 Å². The lowest BCUT2D eigenvalue weighted by Crippen LogP contribution is -2.10. The van der Waals surface area contributed by atoms with Crippen LogP contribution in [0.2, 0.25) is 5.02 Å². The first-order valence-corrected chi connectivity index (χ1v) is 6.15. The van der Waals surface area contributed by atoms with Crippen molar-refractivity contribution in [1.29, 1.82) is 5.26 Å². The van der Waals surface area contributed by atoms with Crippen LogP contribution in [0.4, 0.5) is 13.2 Å². The fraction of sp³-hybridized carbons (Fsp3) is 0.273. The first-order chi connectivity index (χ1) is 8.80. The first kappa shape index (κ1) is 15.7. The fourth-order valence-electron chi connectivity index (χ4n) is 1.25. The molecule has 0 fully saturated rings. The molecule has 0 unspecified atom stereocenters. The topological polar surface area (TPSA) is 50.1 Å². The predicted octanol–water partition coefficient (Wildman–Crippen LogP) is 4.00. The number of carbonyl (C=O) groups excluding carboxylic acids is 1. The smallest absolute Gasteiger partial charge is 0.446 e. The van der Waals surface area contributed by atoms with Crippen molar-refractivity contribution in [2.24, 2.45) is 0 Å². The number of alkyl halides is 3. The van der Waals surface area contributed by atoms with Crippen molar-refractivity contribution in [2.75, 3.05) is 6.61 Å². The van der Waals surface area contributed by atoms with Crippen molar-refractivity contribution >= 4 is 29.3 Å². The first-order valence-electron chi connectivity index (χ1n) is 4.95. The number of esters is 1. The van der Waals surface area contributed by atoms with E-state index < -0.39 is 33.7 Å². The molecule has 0 aromatic heterocycles. The fourth-order valence-corrected chi connectivity index (χ4v) is 2.26. The number of nitriles is 1. The van der Waals surface area contributed by atoms with Crippen LogP contribution in [0.3, 0.4) is 0 Å². The Bertz CT molecular complexity index is 540. The molecule has 0 aliphatic rings. The second kappa shape index (κ2) is 6.17. The number of hydrogen-bond acceptors (Lipinski definition) is 4. The minimum Gasteiger partial charge on any atom is -0.462 e. The third-order valence-corrected chi connectivity index (χ3v) is 3.11. The van der Waals surface area contributed by atoms with Crippen LogP contribution < -0.4 is 0 Å². The molecule has 0 aliphatic heterocycles. The standard InChI is InChI=1S/C11H7ClF3NO2S/c1-2-18-10(17)6-3-4-8(12)7(5-16)9(6)19-11(13,14)15/h3-4H,2H2,1H3. The van der Waals surface area contributed by atoms with E-state index in [4.69, 9.17) is 16.9 Å². The molecule has 102 valence electrons. The van der Waals surface area contributed by atoms with Gasteiger partial charge >= 0.3 is 11.5 Å². The number of carbonyl (C=O) groups is 1. The van der Waals surface area contributed by atoms with Crippen LogP contribution in [0.5, 0.6) is 0 Å². The molecule has 0 aliphatic carbocycles. The zero-order chi connectivity index (χ0) is 14.6. The van der Waals surface area contributed by atoms with Gasteiger partial charge < -0.3 is 4.74 Å². The highest BCUT2D eigenvalue weighted by Crippen LogP contribution is 2.42. The normalized spacial score (nSPS) is 10.9. The Morgan fingerprint density at radius 3 is 2.63 bits per heavy atom. The molecule has 0 amide bonds.